The normalized spacial score (nSPS) is 33.5. The highest BCUT2D eigenvalue weighted by molar-refractivity contribution is 5.83. The molecule has 0 aliphatic heterocycles. The van der Waals surface area contributed by atoms with Crippen molar-refractivity contribution < 1.29 is 4.79 Å². The van der Waals surface area contributed by atoms with E-state index in [0.29, 0.717) is 29.0 Å². The smallest absolute Gasteiger partial charge is 0.136 e. The number of rotatable bonds is 6. The minimum atomic E-state index is 0.254. The van der Waals surface area contributed by atoms with Crippen LogP contribution >= 0.6 is 0 Å². The van der Waals surface area contributed by atoms with E-state index in [-0.39, 0.29) is 5.41 Å². The molecule has 3 unspecified atom stereocenters. The summed E-state index contributed by atoms with van der Waals surface area (Å²) in [6, 6.07) is 0. The van der Waals surface area contributed by atoms with Gasteiger partial charge in [0.05, 0.1) is 0 Å². The second-order valence-corrected chi connectivity index (χ2v) is 8.53. The van der Waals surface area contributed by atoms with Gasteiger partial charge in [-0.2, -0.15) is 0 Å². The summed E-state index contributed by atoms with van der Waals surface area (Å²) in [6.07, 6.45) is 17.1. The maximum absolute atomic E-state index is 12.3. The highest BCUT2D eigenvalue weighted by Gasteiger charge is 2.51. The Hall–Kier alpha value is -0.850. The third kappa shape index (κ3) is 3.80. The quantitative estimate of drug-likeness (QED) is 0.522. The van der Waals surface area contributed by atoms with Gasteiger partial charge in [0, 0.05) is 12.3 Å². The van der Waals surface area contributed by atoms with Crippen LogP contribution in [0.3, 0.4) is 0 Å². The second kappa shape index (κ2) is 7.36. The van der Waals surface area contributed by atoms with E-state index in [9.17, 15) is 4.79 Å². The van der Waals surface area contributed by atoms with Crippen LogP contribution in [0.15, 0.2) is 24.3 Å². The molecule has 0 heterocycles. The molecule has 130 valence electrons. The van der Waals surface area contributed by atoms with Crippen molar-refractivity contribution in [2.75, 3.05) is 0 Å². The molecule has 1 nitrogen and oxygen atoms in total. The molecule has 0 saturated heterocycles. The van der Waals surface area contributed by atoms with Crippen molar-refractivity contribution in [1.82, 2.24) is 0 Å². The van der Waals surface area contributed by atoms with Crippen LogP contribution in [-0.4, -0.2) is 5.78 Å². The van der Waals surface area contributed by atoms with E-state index < -0.39 is 0 Å². The first kappa shape index (κ1) is 18.5. The van der Waals surface area contributed by atoms with E-state index in [1.54, 1.807) is 0 Å². The summed E-state index contributed by atoms with van der Waals surface area (Å²) in [6.45, 7) is 11.6. The zero-order chi connectivity index (χ0) is 17.1. The largest absolute Gasteiger partial charge is 0.299 e. The van der Waals surface area contributed by atoms with Gasteiger partial charge in [0.25, 0.3) is 0 Å². The van der Waals surface area contributed by atoms with E-state index in [2.05, 4.69) is 58.9 Å². The van der Waals surface area contributed by atoms with Crippen LogP contribution in [0.5, 0.6) is 0 Å². The molecule has 0 N–H and O–H groups in total. The van der Waals surface area contributed by atoms with Crippen molar-refractivity contribution in [2.24, 2.45) is 28.6 Å². The first-order chi connectivity index (χ1) is 10.9. The van der Waals surface area contributed by atoms with Gasteiger partial charge in [0.15, 0.2) is 0 Å². The molecular formula is C22H36O. The van der Waals surface area contributed by atoms with Crippen molar-refractivity contribution in [3.05, 3.63) is 24.3 Å². The molecule has 2 rings (SSSR count). The second-order valence-electron chi connectivity index (χ2n) is 8.53. The summed E-state index contributed by atoms with van der Waals surface area (Å²) in [4.78, 5) is 12.3. The van der Waals surface area contributed by atoms with E-state index >= 15 is 0 Å². The summed E-state index contributed by atoms with van der Waals surface area (Å²) in [5.74, 6) is 2.12. The molecule has 0 aromatic carbocycles. The average Bonchev–Trinajstić information content (AvgIpc) is 2.89. The van der Waals surface area contributed by atoms with E-state index in [1.165, 1.54) is 25.7 Å². The number of fused-ring (bicyclic) bond motifs is 1. The van der Waals surface area contributed by atoms with Crippen LogP contribution in [0.2, 0.25) is 0 Å². The van der Waals surface area contributed by atoms with Gasteiger partial charge >= 0.3 is 0 Å². The van der Waals surface area contributed by atoms with Crippen molar-refractivity contribution >= 4 is 5.78 Å². The molecular weight excluding hydrogens is 280 g/mol. The Morgan fingerprint density at radius 1 is 1.26 bits per heavy atom. The fraction of sp³-hybridized carbons (Fsp3) is 0.773. The Balaban J connectivity index is 2.01. The lowest BCUT2D eigenvalue weighted by molar-refractivity contribution is -0.129. The summed E-state index contributed by atoms with van der Waals surface area (Å²) in [5, 5.41) is 0. The maximum Gasteiger partial charge on any atom is 0.136 e. The Morgan fingerprint density at radius 3 is 2.61 bits per heavy atom. The molecule has 0 radical (unpaired) electrons. The summed E-state index contributed by atoms with van der Waals surface area (Å²) < 4.78 is 0. The number of carbonyl (C=O) groups excluding carboxylic acids is 1. The Labute approximate surface area is 143 Å². The fourth-order valence-corrected chi connectivity index (χ4v) is 4.98. The molecule has 2 aliphatic rings. The first-order valence-electron chi connectivity index (χ1n) is 9.75. The molecule has 1 heteroatoms. The van der Waals surface area contributed by atoms with E-state index in [0.717, 1.165) is 19.3 Å². The van der Waals surface area contributed by atoms with Crippen LogP contribution in [-0.2, 0) is 4.79 Å². The van der Waals surface area contributed by atoms with Crippen molar-refractivity contribution in [1.29, 1.82) is 0 Å². The number of ketones is 1. The average molecular weight is 317 g/mol. The molecule has 0 spiro atoms. The molecule has 2 aliphatic carbocycles. The highest BCUT2D eigenvalue weighted by Crippen LogP contribution is 2.56. The SMILES string of the molecule is CCC(C)(/C=C/C=C/[C@@H](C)C1CCC2C(=O)CCCC21C)CC. The van der Waals surface area contributed by atoms with Gasteiger partial charge < -0.3 is 0 Å². The number of hydrogen-bond donors (Lipinski definition) is 0. The minimum Gasteiger partial charge on any atom is -0.299 e. The van der Waals surface area contributed by atoms with Gasteiger partial charge in [-0.25, -0.2) is 0 Å². The van der Waals surface area contributed by atoms with E-state index in [4.69, 9.17) is 0 Å². The molecule has 2 fully saturated rings. The van der Waals surface area contributed by atoms with Gasteiger partial charge in [-0.3, -0.25) is 4.79 Å². The molecule has 0 aromatic rings. The molecule has 23 heavy (non-hydrogen) atoms. The fourth-order valence-electron chi connectivity index (χ4n) is 4.98. The monoisotopic (exact) mass is 316 g/mol. The molecule has 0 amide bonds. The van der Waals surface area contributed by atoms with Gasteiger partial charge in [0.1, 0.15) is 5.78 Å². The predicted octanol–water partition coefficient (Wildman–Crippen LogP) is 6.35. The maximum atomic E-state index is 12.3. The van der Waals surface area contributed by atoms with E-state index in [1.807, 2.05) is 0 Å². The number of hydrogen-bond acceptors (Lipinski definition) is 1. The van der Waals surface area contributed by atoms with Crippen LogP contribution < -0.4 is 0 Å². The van der Waals surface area contributed by atoms with Crippen LogP contribution in [0, 0.1) is 28.6 Å². The molecule has 0 aromatic heterocycles. The van der Waals surface area contributed by atoms with Crippen molar-refractivity contribution in [3.63, 3.8) is 0 Å². The van der Waals surface area contributed by atoms with Gasteiger partial charge in [-0.05, 0) is 61.2 Å². The van der Waals surface area contributed by atoms with Crippen molar-refractivity contribution in [3.8, 4) is 0 Å². The predicted molar refractivity (Wildman–Crippen MR) is 99.3 cm³/mol. The topological polar surface area (TPSA) is 17.1 Å². The minimum absolute atomic E-state index is 0.254. The highest BCUT2D eigenvalue weighted by atomic mass is 16.1. The Bertz CT molecular complexity index is 468. The van der Waals surface area contributed by atoms with Crippen LogP contribution in [0.4, 0.5) is 0 Å². The summed E-state index contributed by atoms with van der Waals surface area (Å²) in [5.41, 5.74) is 0.581. The zero-order valence-electron chi connectivity index (χ0n) is 15.9. The van der Waals surface area contributed by atoms with Crippen LogP contribution in [0.25, 0.3) is 0 Å². The summed E-state index contributed by atoms with van der Waals surface area (Å²) >= 11 is 0. The lowest BCUT2D eigenvalue weighted by atomic mass is 9.62. The van der Waals surface area contributed by atoms with Crippen LogP contribution in [0.1, 0.15) is 79.6 Å². The van der Waals surface area contributed by atoms with Gasteiger partial charge in [-0.15, -0.1) is 0 Å². The third-order valence-corrected chi connectivity index (χ3v) is 7.21. The van der Waals surface area contributed by atoms with Gasteiger partial charge in [0.2, 0.25) is 0 Å². The van der Waals surface area contributed by atoms with Gasteiger partial charge in [-0.1, -0.05) is 58.9 Å². The summed E-state index contributed by atoms with van der Waals surface area (Å²) in [7, 11) is 0. The lowest BCUT2D eigenvalue weighted by Gasteiger charge is -2.41. The Kier molecular flexibility index (Phi) is 5.92. The first-order valence-corrected chi connectivity index (χ1v) is 9.75. The molecule has 2 saturated carbocycles. The lowest BCUT2D eigenvalue weighted by Crippen LogP contribution is -2.39. The van der Waals surface area contributed by atoms with Crippen molar-refractivity contribution in [2.45, 2.75) is 79.6 Å². The number of Topliss-reactive ketones (excluding diaryl/α,β-unsaturated/α-hetero) is 1. The standard InChI is InChI=1S/C22H36O/c1-6-21(4,7-2)15-9-8-11-17(3)18-13-14-19-20(23)12-10-16-22(18,19)5/h8-9,11,15,17-19H,6-7,10,12-14,16H2,1-5H3/b11-8+,15-9+/t17-,18?,19?,22?/m1/s1. The number of allylic oxidation sites excluding steroid dienone is 4. The Morgan fingerprint density at radius 2 is 1.96 bits per heavy atom. The number of carbonyl (C=O) groups is 1. The molecule has 0 bridgehead atoms. The third-order valence-electron chi connectivity index (χ3n) is 7.21. The molecule has 4 atom stereocenters. The zero-order valence-corrected chi connectivity index (χ0v) is 15.9.